The van der Waals surface area contributed by atoms with Crippen LogP contribution in [-0.4, -0.2) is 143 Å². The highest BCUT2D eigenvalue weighted by atomic mass is 16.6. The molecule has 0 spiro atoms. The van der Waals surface area contributed by atoms with Crippen LogP contribution in [0.25, 0.3) is 0 Å². The van der Waals surface area contributed by atoms with Gasteiger partial charge < -0.3 is 39.4 Å². The Morgan fingerprint density at radius 2 is 0.955 bits per heavy atom. The zero-order valence-corrected chi connectivity index (χ0v) is 39.7. The van der Waals surface area contributed by atoms with Gasteiger partial charge in [-0.3, -0.25) is 29.0 Å². The second-order valence-corrected chi connectivity index (χ2v) is 20.3. The van der Waals surface area contributed by atoms with E-state index < -0.39 is 47.7 Å². The fourth-order valence-corrected chi connectivity index (χ4v) is 9.87. The Morgan fingerprint density at radius 3 is 1.33 bits per heavy atom. The van der Waals surface area contributed by atoms with E-state index in [9.17, 15) is 28.8 Å². The number of amides is 6. The van der Waals surface area contributed by atoms with E-state index in [-0.39, 0.29) is 87.7 Å². The molecule has 3 fully saturated rings. The third-order valence-corrected chi connectivity index (χ3v) is 13.1. The van der Waals surface area contributed by atoms with Crippen molar-refractivity contribution in [3.05, 3.63) is 70.8 Å². The molecule has 3 aliphatic heterocycles. The molecule has 6 amide bonds. The molecule has 0 bridgehead atoms. The van der Waals surface area contributed by atoms with Crippen molar-refractivity contribution in [2.45, 2.75) is 153 Å². The third-order valence-electron chi connectivity index (χ3n) is 13.1. The first-order chi connectivity index (χ1) is 31.4. The lowest BCUT2D eigenvalue weighted by Crippen LogP contribution is -2.51. The van der Waals surface area contributed by atoms with Gasteiger partial charge in [0.05, 0.1) is 63.4 Å². The Balaban J connectivity index is 0.842. The predicted octanol–water partition coefficient (Wildman–Crippen LogP) is 5.61. The van der Waals surface area contributed by atoms with E-state index in [2.05, 4.69) is 22.8 Å². The highest BCUT2D eigenvalue weighted by molar-refractivity contribution is 5.88. The first-order valence-electron chi connectivity index (χ1n) is 24.0. The normalized spacial score (nSPS) is 24.3. The fraction of sp³-hybridized carbons (Fsp3) is 0.640. The Labute approximate surface area is 389 Å². The molecule has 2 N–H and O–H groups in total. The summed E-state index contributed by atoms with van der Waals surface area (Å²) in [5.74, 6) is -0.691. The van der Waals surface area contributed by atoms with Crippen molar-refractivity contribution in [3.63, 3.8) is 0 Å². The molecular formula is C50H70N6O10. The van der Waals surface area contributed by atoms with E-state index in [4.69, 9.17) is 18.9 Å². The van der Waals surface area contributed by atoms with Crippen molar-refractivity contribution < 1.29 is 47.7 Å². The molecule has 66 heavy (non-hydrogen) atoms. The quantitative estimate of drug-likeness (QED) is 0.272. The lowest BCUT2D eigenvalue weighted by molar-refractivity contribution is -0.141. The smallest absolute Gasteiger partial charge is 0.411 e. The molecule has 16 heteroatoms. The summed E-state index contributed by atoms with van der Waals surface area (Å²) in [4.78, 5) is 87.1. The van der Waals surface area contributed by atoms with Crippen LogP contribution in [0.4, 0.5) is 9.59 Å². The number of likely N-dealkylation sites (tertiary alicyclic amines) is 2. The summed E-state index contributed by atoms with van der Waals surface area (Å²) < 4.78 is 23.7. The number of hydrogen-bond acceptors (Lipinski definition) is 10. The number of piperazine rings is 1. The molecule has 1 unspecified atom stereocenters. The summed E-state index contributed by atoms with van der Waals surface area (Å²) >= 11 is 0. The number of carbonyl (C=O) groups is 6. The van der Waals surface area contributed by atoms with Crippen LogP contribution in [0.1, 0.15) is 127 Å². The van der Waals surface area contributed by atoms with Gasteiger partial charge in [-0.15, -0.1) is 0 Å². The lowest BCUT2D eigenvalue weighted by atomic mass is 9.87. The zero-order chi connectivity index (χ0) is 47.2. The average Bonchev–Trinajstić information content (AvgIpc) is 3.91. The molecule has 3 heterocycles. The monoisotopic (exact) mass is 915 g/mol. The number of fused-ring (bicyclic) bond motifs is 2. The maximum absolute atomic E-state index is 13.8. The number of nitrogens with zero attached hydrogens (tertiary/aromatic N) is 4. The van der Waals surface area contributed by atoms with Crippen LogP contribution in [0.2, 0.25) is 0 Å². The Hall–Kier alpha value is -5.22. The minimum Gasteiger partial charge on any atom is -0.444 e. The molecule has 0 radical (unpaired) electrons. The molecular weight excluding hydrogens is 845 g/mol. The zero-order valence-electron chi connectivity index (χ0n) is 39.7. The van der Waals surface area contributed by atoms with Crippen LogP contribution >= 0.6 is 0 Å². The minimum absolute atomic E-state index is 0.0975. The van der Waals surface area contributed by atoms with Gasteiger partial charge in [0.2, 0.25) is 23.6 Å². The standard InChI is InChI=1S/C50H70N6O10/c1-49(2,3)65-47(61)55-31-35(29-41(55)45(59)51-39-19-11-15-33-13-7-9-17-37(33)39)63-27-21-43(57)53-23-25-54(26-24-53)44(58)22-28-64-36-30-42(56(32-36)48(62)66-50(4,5)6)46(60)52-40-20-12-16-34-14-8-10-18-38(34)40/h7-10,13-14,17-18,35-36,39-42H,11-12,15-16,19-32H2,1-6H3,(H,51,59)(H,52,60)/t35-,36?,39+,40+,41-,42-/m0/s1. The van der Waals surface area contributed by atoms with Gasteiger partial charge in [-0.2, -0.15) is 0 Å². The molecule has 0 aromatic heterocycles. The molecule has 7 rings (SSSR count). The second-order valence-electron chi connectivity index (χ2n) is 20.3. The summed E-state index contributed by atoms with van der Waals surface area (Å²) in [6, 6.07) is 14.4. The minimum atomic E-state index is -0.774. The highest BCUT2D eigenvalue weighted by Crippen LogP contribution is 2.33. The maximum Gasteiger partial charge on any atom is 0.411 e. The second kappa shape index (κ2) is 21.2. The summed E-state index contributed by atoms with van der Waals surface area (Å²) in [5.41, 5.74) is 3.17. The van der Waals surface area contributed by atoms with Crippen molar-refractivity contribution in [2.24, 2.45) is 0 Å². The maximum atomic E-state index is 13.8. The average molecular weight is 915 g/mol. The number of rotatable bonds is 12. The van der Waals surface area contributed by atoms with E-state index >= 15 is 0 Å². The molecule has 2 aliphatic carbocycles. The SMILES string of the molecule is CC(C)(C)OC(=O)N1CC(OCCC(=O)N2CCN(C(=O)CCO[C@H]3C[C@@H](C(=O)N[C@@H]4CCCc5ccccc54)N(C(=O)OC(C)(C)C)C3)CC2)C[C@H]1C(=O)N[C@@H]1CCCc2ccccc21. The molecule has 3 saturated heterocycles. The summed E-state index contributed by atoms with van der Waals surface area (Å²) in [6.45, 7) is 12.8. The topological polar surface area (TPSA) is 176 Å². The van der Waals surface area contributed by atoms with Gasteiger partial charge >= 0.3 is 12.2 Å². The van der Waals surface area contributed by atoms with Gasteiger partial charge in [-0.1, -0.05) is 48.5 Å². The molecule has 0 saturated carbocycles. The van der Waals surface area contributed by atoms with E-state index in [0.29, 0.717) is 26.2 Å². The molecule has 360 valence electrons. The number of aryl methyl sites for hydroxylation is 2. The summed E-state index contributed by atoms with van der Waals surface area (Å²) in [6.07, 6.45) is 4.24. The van der Waals surface area contributed by atoms with Crippen LogP contribution in [0, 0.1) is 0 Å². The first kappa shape index (κ1) is 48.7. The number of carbonyl (C=O) groups excluding carboxylic acids is 6. The Bertz CT molecular complexity index is 1930. The van der Waals surface area contributed by atoms with E-state index in [1.54, 1.807) is 51.3 Å². The predicted molar refractivity (Wildman–Crippen MR) is 245 cm³/mol. The lowest BCUT2D eigenvalue weighted by Gasteiger charge is -2.35. The summed E-state index contributed by atoms with van der Waals surface area (Å²) in [5, 5.41) is 6.40. The first-order valence-corrected chi connectivity index (χ1v) is 24.0. The number of ether oxygens (including phenoxy) is 4. The molecule has 2 aromatic rings. The van der Waals surface area contributed by atoms with Gasteiger partial charge in [0.25, 0.3) is 0 Å². The van der Waals surface area contributed by atoms with Crippen LogP contribution < -0.4 is 10.6 Å². The Kier molecular flexibility index (Phi) is 15.6. The van der Waals surface area contributed by atoms with Gasteiger partial charge in [0.15, 0.2) is 0 Å². The number of nitrogens with one attached hydrogen (secondary N) is 2. The molecule has 5 aliphatic rings. The largest absolute Gasteiger partial charge is 0.444 e. The van der Waals surface area contributed by atoms with Gasteiger partial charge in [-0.05, 0) is 102 Å². The Morgan fingerprint density at radius 1 is 0.576 bits per heavy atom. The highest BCUT2D eigenvalue weighted by Gasteiger charge is 2.44. The van der Waals surface area contributed by atoms with Crippen molar-refractivity contribution in [2.75, 3.05) is 52.5 Å². The van der Waals surface area contributed by atoms with Crippen LogP contribution in [0.3, 0.4) is 0 Å². The van der Waals surface area contributed by atoms with Crippen molar-refractivity contribution in [3.8, 4) is 0 Å². The summed E-state index contributed by atoms with van der Waals surface area (Å²) in [7, 11) is 0. The van der Waals surface area contributed by atoms with Crippen molar-refractivity contribution in [1.82, 2.24) is 30.2 Å². The van der Waals surface area contributed by atoms with Crippen LogP contribution in [-0.2, 0) is 51.0 Å². The van der Waals surface area contributed by atoms with Crippen molar-refractivity contribution in [1.29, 1.82) is 0 Å². The van der Waals surface area contributed by atoms with Crippen LogP contribution in [0.5, 0.6) is 0 Å². The van der Waals surface area contributed by atoms with Gasteiger partial charge in [0, 0.05) is 39.0 Å². The number of hydrogen-bond donors (Lipinski definition) is 2. The van der Waals surface area contributed by atoms with E-state index in [1.807, 2.05) is 36.4 Å². The van der Waals surface area contributed by atoms with Gasteiger partial charge in [0.1, 0.15) is 23.3 Å². The molecule has 2 aromatic carbocycles. The fourth-order valence-electron chi connectivity index (χ4n) is 9.87. The van der Waals surface area contributed by atoms with Gasteiger partial charge in [-0.25, -0.2) is 9.59 Å². The third kappa shape index (κ3) is 12.6. The molecule has 16 nitrogen and oxygen atoms in total. The van der Waals surface area contributed by atoms with E-state index in [1.165, 1.54) is 20.9 Å². The molecule has 6 atom stereocenters. The number of benzene rings is 2. The van der Waals surface area contributed by atoms with Crippen molar-refractivity contribution >= 4 is 35.8 Å². The van der Waals surface area contributed by atoms with E-state index in [0.717, 1.165) is 49.7 Å². The van der Waals surface area contributed by atoms with Crippen LogP contribution in [0.15, 0.2) is 48.5 Å².